The molecule has 6 nitrogen and oxygen atoms in total. The Labute approximate surface area is 154 Å². The second-order valence-electron chi connectivity index (χ2n) is 5.12. The van der Waals surface area contributed by atoms with Gasteiger partial charge in [-0.25, -0.2) is 0 Å². The molecule has 2 heterocycles. The molecule has 0 aliphatic carbocycles. The first kappa shape index (κ1) is 19.4. The summed E-state index contributed by atoms with van der Waals surface area (Å²) in [6, 6.07) is 9.88. The Balaban J connectivity index is 0.00000264. The summed E-state index contributed by atoms with van der Waals surface area (Å²) in [4.78, 5) is 10.6. The number of aliphatic imine (C=N–C) groups is 1. The molecule has 0 radical (unpaired) electrons. The van der Waals surface area contributed by atoms with Crippen molar-refractivity contribution in [3.05, 3.63) is 54.2 Å². The van der Waals surface area contributed by atoms with Gasteiger partial charge in [0.15, 0.2) is 5.96 Å². The fraction of sp³-hybridized carbons (Fsp3) is 0.375. The van der Waals surface area contributed by atoms with E-state index in [-0.39, 0.29) is 30.0 Å². The molecule has 0 saturated carbocycles. The molecule has 0 bridgehead atoms. The van der Waals surface area contributed by atoms with Gasteiger partial charge in [-0.05, 0) is 38.4 Å². The van der Waals surface area contributed by atoms with E-state index in [1.807, 2.05) is 44.4 Å². The number of rotatable bonds is 6. The van der Waals surface area contributed by atoms with Gasteiger partial charge in [0, 0.05) is 19.8 Å². The Morgan fingerprint density at radius 3 is 2.65 bits per heavy atom. The van der Waals surface area contributed by atoms with Crippen molar-refractivity contribution in [2.75, 3.05) is 27.7 Å². The lowest BCUT2D eigenvalue weighted by atomic mass is 10.2. The van der Waals surface area contributed by atoms with Gasteiger partial charge in [-0.1, -0.05) is 6.07 Å². The van der Waals surface area contributed by atoms with Crippen molar-refractivity contribution in [1.29, 1.82) is 0 Å². The highest BCUT2D eigenvalue weighted by Crippen LogP contribution is 2.17. The van der Waals surface area contributed by atoms with Crippen LogP contribution in [0.1, 0.15) is 17.5 Å². The van der Waals surface area contributed by atoms with Crippen LogP contribution in [0.15, 0.2) is 52.2 Å². The summed E-state index contributed by atoms with van der Waals surface area (Å²) in [5.74, 6) is 1.67. The molecule has 0 aliphatic heterocycles. The normalized spacial score (nSPS) is 12.6. The largest absolute Gasteiger partial charge is 0.468 e. The van der Waals surface area contributed by atoms with Crippen LogP contribution in [-0.2, 0) is 6.54 Å². The number of likely N-dealkylation sites (N-methyl/N-ethyl adjacent to an activating group) is 1. The van der Waals surface area contributed by atoms with E-state index in [9.17, 15) is 0 Å². The van der Waals surface area contributed by atoms with E-state index in [2.05, 4.69) is 25.5 Å². The zero-order valence-corrected chi connectivity index (χ0v) is 16.0. The van der Waals surface area contributed by atoms with Crippen molar-refractivity contribution < 1.29 is 4.42 Å². The van der Waals surface area contributed by atoms with Crippen LogP contribution in [0.5, 0.6) is 0 Å². The molecule has 7 heteroatoms. The van der Waals surface area contributed by atoms with Gasteiger partial charge < -0.3 is 15.1 Å². The van der Waals surface area contributed by atoms with E-state index in [1.165, 1.54) is 0 Å². The Morgan fingerprint density at radius 2 is 2.09 bits per heavy atom. The molecule has 0 spiro atoms. The highest BCUT2D eigenvalue weighted by Gasteiger charge is 2.17. The molecule has 0 saturated heterocycles. The van der Waals surface area contributed by atoms with Gasteiger partial charge in [0.1, 0.15) is 5.76 Å². The fourth-order valence-electron chi connectivity index (χ4n) is 2.11. The quantitative estimate of drug-likeness (QED) is 0.419. The molecule has 0 aromatic carbocycles. The Kier molecular flexibility index (Phi) is 8.64. The minimum atomic E-state index is 0. The third-order valence-electron chi connectivity index (χ3n) is 3.34. The van der Waals surface area contributed by atoms with Gasteiger partial charge in [-0.2, -0.15) is 0 Å². The van der Waals surface area contributed by atoms with Crippen LogP contribution in [-0.4, -0.2) is 43.5 Å². The second-order valence-corrected chi connectivity index (χ2v) is 5.12. The predicted octanol–water partition coefficient (Wildman–Crippen LogP) is 2.26. The molecule has 0 amide bonds. The zero-order valence-electron chi connectivity index (χ0n) is 13.7. The van der Waals surface area contributed by atoms with E-state index in [0.29, 0.717) is 13.1 Å². The van der Waals surface area contributed by atoms with Crippen molar-refractivity contribution in [2.45, 2.75) is 12.6 Å². The molecule has 2 aromatic rings. The van der Waals surface area contributed by atoms with Crippen LogP contribution in [0, 0.1) is 0 Å². The first-order valence-electron chi connectivity index (χ1n) is 7.25. The molecule has 0 fully saturated rings. The highest BCUT2D eigenvalue weighted by molar-refractivity contribution is 14.0. The van der Waals surface area contributed by atoms with E-state index in [0.717, 1.165) is 17.4 Å². The maximum absolute atomic E-state index is 5.50. The fourth-order valence-corrected chi connectivity index (χ4v) is 2.11. The van der Waals surface area contributed by atoms with Gasteiger partial charge in [0.05, 0.1) is 24.5 Å². The Bertz CT molecular complexity index is 571. The second kappa shape index (κ2) is 10.2. The molecule has 1 atom stereocenters. The topological polar surface area (TPSA) is 65.7 Å². The molecule has 2 rings (SSSR count). The highest BCUT2D eigenvalue weighted by atomic mass is 127. The molecule has 2 aromatic heterocycles. The number of guanidine groups is 1. The summed E-state index contributed by atoms with van der Waals surface area (Å²) in [5, 5.41) is 6.57. The van der Waals surface area contributed by atoms with Crippen LogP contribution in [0.2, 0.25) is 0 Å². The summed E-state index contributed by atoms with van der Waals surface area (Å²) < 4.78 is 5.50. The summed E-state index contributed by atoms with van der Waals surface area (Å²) >= 11 is 0. The maximum Gasteiger partial charge on any atom is 0.191 e. The molecule has 126 valence electrons. The summed E-state index contributed by atoms with van der Waals surface area (Å²) in [6.07, 6.45) is 3.48. The van der Waals surface area contributed by atoms with Crippen LogP contribution in [0.25, 0.3) is 0 Å². The maximum atomic E-state index is 5.50. The first-order valence-corrected chi connectivity index (χ1v) is 7.25. The number of hydrogen-bond acceptors (Lipinski definition) is 4. The molecule has 1 unspecified atom stereocenters. The van der Waals surface area contributed by atoms with Gasteiger partial charge >= 0.3 is 0 Å². The van der Waals surface area contributed by atoms with E-state index < -0.39 is 0 Å². The lowest BCUT2D eigenvalue weighted by Crippen LogP contribution is -2.41. The summed E-state index contributed by atoms with van der Waals surface area (Å²) in [7, 11) is 5.81. The predicted molar refractivity (Wildman–Crippen MR) is 103 cm³/mol. The first-order chi connectivity index (χ1) is 10.7. The SMILES string of the molecule is CN=C(NCc1ccccn1)NCC(c1ccco1)N(C)C.I. The smallest absolute Gasteiger partial charge is 0.191 e. The van der Waals surface area contributed by atoms with Crippen LogP contribution >= 0.6 is 24.0 Å². The van der Waals surface area contributed by atoms with Crippen molar-refractivity contribution in [3.8, 4) is 0 Å². The standard InChI is InChI=1S/C16H23N5O.HI/c1-17-16(19-11-13-7-4-5-9-18-13)20-12-14(21(2)3)15-8-6-10-22-15;/h4-10,14H,11-12H2,1-3H3,(H2,17,19,20);1H. The zero-order chi connectivity index (χ0) is 15.8. The lowest BCUT2D eigenvalue weighted by molar-refractivity contribution is 0.258. The van der Waals surface area contributed by atoms with Crippen molar-refractivity contribution in [3.63, 3.8) is 0 Å². The van der Waals surface area contributed by atoms with Crippen LogP contribution in [0.4, 0.5) is 0 Å². The average molecular weight is 429 g/mol. The summed E-state index contributed by atoms with van der Waals surface area (Å²) in [5.41, 5.74) is 0.973. The van der Waals surface area contributed by atoms with Gasteiger partial charge in [0.2, 0.25) is 0 Å². The number of pyridine rings is 1. The van der Waals surface area contributed by atoms with Gasteiger partial charge in [0.25, 0.3) is 0 Å². The number of nitrogens with zero attached hydrogens (tertiary/aromatic N) is 3. The van der Waals surface area contributed by atoms with E-state index >= 15 is 0 Å². The van der Waals surface area contributed by atoms with Gasteiger partial charge in [-0.3, -0.25) is 14.9 Å². The molecular weight excluding hydrogens is 405 g/mol. The molecular formula is C16H24IN5O. The molecule has 23 heavy (non-hydrogen) atoms. The van der Waals surface area contributed by atoms with E-state index in [1.54, 1.807) is 19.5 Å². The Morgan fingerprint density at radius 1 is 1.26 bits per heavy atom. The third kappa shape index (κ3) is 6.19. The third-order valence-corrected chi connectivity index (χ3v) is 3.34. The van der Waals surface area contributed by atoms with Crippen LogP contribution in [0.3, 0.4) is 0 Å². The van der Waals surface area contributed by atoms with Crippen molar-refractivity contribution in [1.82, 2.24) is 20.5 Å². The van der Waals surface area contributed by atoms with Crippen LogP contribution < -0.4 is 10.6 Å². The number of furan rings is 1. The lowest BCUT2D eigenvalue weighted by Gasteiger charge is -2.23. The molecule has 2 N–H and O–H groups in total. The van der Waals surface area contributed by atoms with E-state index in [4.69, 9.17) is 4.42 Å². The monoisotopic (exact) mass is 429 g/mol. The minimum Gasteiger partial charge on any atom is -0.468 e. The number of nitrogens with one attached hydrogen (secondary N) is 2. The van der Waals surface area contributed by atoms with Crippen molar-refractivity contribution in [2.24, 2.45) is 4.99 Å². The average Bonchev–Trinajstić information content (AvgIpc) is 3.05. The summed E-state index contributed by atoms with van der Waals surface area (Å²) in [6.45, 7) is 1.33. The van der Waals surface area contributed by atoms with Gasteiger partial charge in [-0.15, -0.1) is 24.0 Å². The number of hydrogen-bond donors (Lipinski definition) is 2. The minimum absolute atomic E-state index is 0. The van der Waals surface area contributed by atoms with Crippen molar-refractivity contribution >= 4 is 29.9 Å². The Hall–Kier alpha value is -1.61. The molecule has 0 aliphatic rings. The number of halogens is 1. The number of aromatic nitrogens is 1.